The molecule has 0 heterocycles. The topological polar surface area (TPSA) is 76.7 Å². The molecule has 0 amide bonds. The third-order valence-electron chi connectivity index (χ3n) is 4.04. The fourth-order valence-electron chi connectivity index (χ4n) is 2.72. The van der Waals surface area contributed by atoms with E-state index in [2.05, 4.69) is 10.0 Å². The second kappa shape index (κ2) is 12.1. The molecule has 0 aliphatic carbocycles. The van der Waals surface area contributed by atoms with E-state index in [0.717, 1.165) is 17.4 Å². The first kappa shape index (κ1) is 25.3. The Bertz CT molecular complexity index is 833. The Balaban J connectivity index is 0.00000420. The zero-order valence-electron chi connectivity index (χ0n) is 16.7. The van der Waals surface area contributed by atoms with Crippen molar-refractivity contribution < 1.29 is 22.3 Å². The summed E-state index contributed by atoms with van der Waals surface area (Å²) in [5, 5.41) is 3.31. The van der Waals surface area contributed by atoms with Crippen LogP contribution in [0.25, 0.3) is 0 Å². The van der Waals surface area contributed by atoms with Gasteiger partial charge in [0.1, 0.15) is 17.7 Å². The van der Waals surface area contributed by atoms with Gasteiger partial charge in [0.15, 0.2) is 0 Å². The quantitative estimate of drug-likeness (QED) is 0.554. The summed E-state index contributed by atoms with van der Waals surface area (Å²) in [6.07, 6.45) is 0.931. The third kappa shape index (κ3) is 9.56. The van der Waals surface area contributed by atoms with E-state index in [1.54, 1.807) is 26.2 Å². The van der Waals surface area contributed by atoms with Crippen LogP contribution in [-0.2, 0) is 21.3 Å². The highest BCUT2D eigenvalue weighted by molar-refractivity contribution is 7.88. The average molecular weight is 447 g/mol. The van der Waals surface area contributed by atoms with Gasteiger partial charge >= 0.3 is 0 Å². The number of nitrogens with one attached hydrogen (secondary N) is 2. The molecule has 2 aromatic rings. The lowest BCUT2D eigenvalue weighted by Gasteiger charge is -2.19. The lowest BCUT2D eigenvalue weighted by atomic mass is 10.1. The number of halogens is 2. The van der Waals surface area contributed by atoms with Gasteiger partial charge in [0.05, 0.1) is 12.9 Å². The number of rotatable bonds is 11. The molecule has 2 atom stereocenters. The molecule has 0 spiro atoms. The molecule has 0 aliphatic rings. The molecule has 2 aromatic carbocycles. The Morgan fingerprint density at radius 2 is 1.69 bits per heavy atom. The summed E-state index contributed by atoms with van der Waals surface area (Å²) >= 11 is 0. The van der Waals surface area contributed by atoms with Crippen molar-refractivity contribution in [3.8, 4) is 5.75 Å². The van der Waals surface area contributed by atoms with Crippen molar-refractivity contribution >= 4 is 22.4 Å². The van der Waals surface area contributed by atoms with E-state index < -0.39 is 10.0 Å². The number of benzene rings is 2. The number of hydrogen-bond donors (Lipinski definition) is 2. The highest BCUT2D eigenvalue weighted by atomic mass is 35.5. The number of methoxy groups -OCH3 is 1. The zero-order valence-corrected chi connectivity index (χ0v) is 18.4. The molecule has 2 rings (SSSR count). The van der Waals surface area contributed by atoms with Crippen LogP contribution in [0.4, 0.5) is 4.39 Å². The van der Waals surface area contributed by atoms with Crippen LogP contribution in [0.15, 0.2) is 48.5 Å². The lowest BCUT2D eigenvalue weighted by molar-refractivity contribution is 0.0804. The maximum absolute atomic E-state index is 13.0. The van der Waals surface area contributed by atoms with Gasteiger partial charge in [-0.1, -0.05) is 24.3 Å². The normalized spacial score (nSPS) is 13.4. The molecule has 1 unspecified atom stereocenters. The first-order valence-electron chi connectivity index (χ1n) is 8.95. The summed E-state index contributed by atoms with van der Waals surface area (Å²) in [7, 11) is -1.65. The van der Waals surface area contributed by atoms with Gasteiger partial charge in [0.2, 0.25) is 10.0 Å². The fraction of sp³-hybridized carbons (Fsp3) is 0.400. The van der Waals surface area contributed by atoms with Crippen molar-refractivity contribution in [3.63, 3.8) is 0 Å². The molecule has 0 aliphatic heterocycles. The van der Waals surface area contributed by atoms with Crippen LogP contribution < -0.4 is 14.8 Å². The highest BCUT2D eigenvalue weighted by Crippen LogP contribution is 2.15. The van der Waals surface area contributed by atoms with E-state index in [9.17, 15) is 12.8 Å². The summed E-state index contributed by atoms with van der Waals surface area (Å²) in [6.45, 7) is 3.38. The highest BCUT2D eigenvalue weighted by Gasteiger charge is 2.12. The molecular formula is C20H28ClFN2O4S. The average Bonchev–Trinajstić information content (AvgIpc) is 2.63. The third-order valence-corrected chi connectivity index (χ3v) is 4.82. The predicted molar refractivity (Wildman–Crippen MR) is 114 cm³/mol. The van der Waals surface area contributed by atoms with Crippen molar-refractivity contribution in [3.05, 3.63) is 65.5 Å². The molecule has 0 saturated heterocycles. The van der Waals surface area contributed by atoms with Gasteiger partial charge in [-0.25, -0.2) is 17.5 Å². The predicted octanol–water partition coefficient (Wildman–Crippen LogP) is 3.04. The SMILES string of the molecule is COCC(CNCc1ccc([C@@H](C)NS(C)(=O)=O)cc1)Oc1ccc(F)cc1.Cl. The van der Waals surface area contributed by atoms with Crippen LogP contribution in [0.5, 0.6) is 5.75 Å². The van der Waals surface area contributed by atoms with Gasteiger partial charge in [0, 0.05) is 26.2 Å². The molecular weight excluding hydrogens is 419 g/mol. The Kier molecular flexibility index (Phi) is 10.6. The largest absolute Gasteiger partial charge is 0.487 e. The lowest BCUT2D eigenvalue weighted by Crippen LogP contribution is -2.34. The minimum atomic E-state index is -3.25. The molecule has 0 bridgehead atoms. The van der Waals surface area contributed by atoms with E-state index in [1.165, 1.54) is 12.1 Å². The van der Waals surface area contributed by atoms with Crippen molar-refractivity contribution in [1.82, 2.24) is 10.0 Å². The zero-order chi connectivity index (χ0) is 20.6. The second-order valence-electron chi connectivity index (χ2n) is 6.63. The molecule has 0 saturated carbocycles. The van der Waals surface area contributed by atoms with Crippen LogP contribution >= 0.6 is 12.4 Å². The minimum absolute atomic E-state index is 0. The second-order valence-corrected chi connectivity index (χ2v) is 8.41. The van der Waals surface area contributed by atoms with Gasteiger partial charge in [-0.15, -0.1) is 12.4 Å². The van der Waals surface area contributed by atoms with E-state index >= 15 is 0 Å². The summed E-state index contributed by atoms with van der Waals surface area (Å²) in [5.41, 5.74) is 1.96. The summed E-state index contributed by atoms with van der Waals surface area (Å²) in [6, 6.07) is 13.3. The maximum Gasteiger partial charge on any atom is 0.209 e. The molecule has 2 N–H and O–H groups in total. The Morgan fingerprint density at radius 1 is 1.07 bits per heavy atom. The molecule has 29 heavy (non-hydrogen) atoms. The standard InChI is InChI=1S/C20H27FN2O4S.ClH/c1-15(23-28(3,24)25)17-6-4-16(5-7-17)12-22-13-20(14-26-2)27-19-10-8-18(21)9-11-19;/h4-11,15,20,22-23H,12-14H2,1-3H3;1H/t15-,20?;/m1./s1. The van der Waals surface area contributed by atoms with Crippen LogP contribution in [0.2, 0.25) is 0 Å². The van der Waals surface area contributed by atoms with Gasteiger partial charge in [-0.3, -0.25) is 0 Å². The van der Waals surface area contributed by atoms with E-state index in [-0.39, 0.29) is 30.4 Å². The number of hydrogen-bond acceptors (Lipinski definition) is 5. The van der Waals surface area contributed by atoms with Gasteiger partial charge in [-0.2, -0.15) is 0 Å². The van der Waals surface area contributed by atoms with Crippen molar-refractivity contribution in [1.29, 1.82) is 0 Å². The Morgan fingerprint density at radius 3 is 2.24 bits per heavy atom. The van der Waals surface area contributed by atoms with Crippen molar-refractivity contribution in [2.75, 3.05) is 26.5 Å². The minimum Gasteiger partial charge on any atom is -0.487 e. The maximum atomic E-state index is 13.0. The van der Waals surface area contributed by atoms with Gasteiger partial charge in [0.25, 0.3) is 0 Å². The van der Waals surface area contributed by atoms with Crippen LogP contribution in [0.3, 0.4) is 0 Å². The monoisotopic (exact) mass is 446 g/mol. The number of ether oxygens (including phenoxy) is 2. The smallest absolute Gasteiger partial charge is 0.209 e. The van der Waals surface area contributed by atoms with Gasteiger partial charge < -0.3 is 14.8 Å². The molecule has 0 fully saturated rings. The van der Waals surface area contributed by atoms with Crippen molar-refractivity contribution in [2.45, 2.75) is 25.6 Å². The fourth-order valence-corrected chi connectivity index (χ4v) is 3.50. The van der Waals surface area contributed by atoms with E-state index in [0.29, 0.717) is 25.4 Å². The summed E-state index contributed by atoms with van der Waals surface area (Å²) in [4.78, 5) is 0. The van der Waals surface area contributed by atoms with Crippen LogP contribution in [-0.4, -0.2) is 41.0 Å². The van der Waals surface area contributed by atoms with E-state index in [1.807, 2.05) is 24.3 Å². The first-order chi connectivity index (χ1) is 13.3. The molecule has 9 heteroatoms. The molecule has 0 aromatic heterocycles. The summed E-state index contributed by atoms with van der Waals surface area (Å²) in [5.74, 6) is 0.278. The van der Waals surface area contributed by atoms with Crippen LogP contribution in [0.1, 0.15) is 24.1 Å². The Labute approximate surface area is 178 Å². The van der Waals surface area contributed by atoms with Crippen LogP contribution in [0, 0.1) is 5.82 Å². The van der Waals surface area contributed by atoms with Crippen molar-refractivity contribution in [2.24, 2.45) is 0 Å². The van der Waals surface area contributed by atoms with Gasteiger partial charge in [-0.05, 0) is 42.3 Å². The molecule has 6 nitrogen and oxygen atoms in total. The molecule has 162 valence electrons. The number of sulfonamides is 1. The first-order valence-corrected chi connectivity index (χ1v) is 10.8. The van der Waals surface area contributed by atoms with E-state index in [4.69, 9.17) is 9.47 Å². The summed E-state index contributed by atoms with van der Waals surface area (Å²) < 4.78 is 49.2. The molecule has 0 radical (unpaired) electrons. The Hall–Kier alpha value is -1.71.